The summed E-state index contributed by atoms with van der Waals surface area (Å²) in [5, 5.41) is 0. The first-order valence-electron chi connectivity index (χ1n) is 19.7. The van der Waals surface area contributed by atoms with E-state index in [0.29, 0.717) is 10.8 Å². The van der Waals surface area contributed by atoms with Crippen LogP contribution in [0.5, 0.6) is 0 Å². The molecule has 0 saturated carbocycles. The summed E-state index contributed by atoms with van der Waals surface area (Å²) < 4.78 is 0. The topological polar surface area (TPSA) is 0 Å². The first-order chi connectivity index (χ1) is 20.4. The predicted octanol–water partition coefficient (Wildman–Crippen LogP) is 15.9. The zero-order valence-corrected chi connectivity index (χ0v) is 30.5. The zero-order chi connectivity index (χ0) is 31.0. The van der Waals surface area contributed by atoms with Crippen LogP contribution in [0.2, 0.25) is 0 Å². The Morgan fingerprint density at radius 1 is 0.286 bits per heavy atom. The Balaban J connectivity index is 3.62. The molecule has 0 aliphatic heterocycles. The Bertz CT molecular complexity index is 525. The molecule has 0 N–H and O–H groups in total. The second kappa shape index (κ2) is 30.5. The minimum atomic E-state index is 0.454. The van der Waals surface area contributed by atoms with E-state index in [-0.39, 0.29) is 0 Å². The van der Waals surface area contributed by atoms with Crippen LogP contribution in [0.4, 0.5) is 0 Å². The van der Waals surface area contributed by atoms with Crippen molar-refractivity contribution < 1.29 is 0 Å². The average molecular weight is 587 g/mol. The monoisotopic (exact) mass is 587 g/mol. The predicted molar refractivity (Wildman–Crippen MR) is 196 cm³/mol. The normalized spacial score (nSPS) is 12.8. The number of hydrogen-bond acceptors (Lipinski definition) is 0. The summed E-state index contributed by atoms with van der Waals surface area (Å²) in [4.78, 5) is 0. The Hall–Kier alpha value is -0.520. The Morgan fingerprint density at radius 3 is 0.762 bits per heavy atom. The fourth-order valence-electron chi connectivity index (χ4n) is 6.31. The van der Waals surface area contributed by atoms with Gasteiger partial charge in [0.2, 0.25) is 0 Å². The summed E-state index contributed by atoms with van der Waals surface area (Å²) >= 11 is 0. The lowest BCUT2D eigenvalue weighted by Crippen LogP contribution is -2.32. The molecule has 0 aliphatic carbocycles. The molecule has 0 bridgehead atoms. The summed E-state index contributed by atoms with van der Waals surface area (Å²) in [5.41, 5.74) is 0.908. The van der Waals surface area contributed by atoms with E-state index in [9.17, 15) is 0 Å². The van der Waals surface area contributed by atoms with Gasteiger partial charge in [0, 0.05) is 0 Å². The maximum Gasteiger partial charge on any atom is -0.0303 e. The van der Waals surface area contributed by atoms with E-state index in [0.717, 1.165) is 0 Å². The molecule has 0 unspecified atom stereocenters. The lowest BCUT2D eigenvalue weighted by Gasteiger charge is -2.42. The minimum absolute atomic E-state index is 0.454. The van der Waals surface area contributed by atoms with Crippen molar-refractivity contribution in [3.8, 4) is 0 Å². The highest BCUT2D eigenvalue weighted by Crippen LogP contribution is 2.46. The van der Waals surface area contributed by atoms with Crippen LogP contribution in [-0.4, -0.2) is 0 Å². The van der Waals surface area contributed by atoms with E-state index in [1.54, 1.807) is 0 Å². The van der Waals surface area contributed by atoms with Crippen LogP contribution in [0.15, 0.2) is 24.3 Å². The number of rotatable bonds is 33. The van der Waals surface area contributed by atoms with Gasteiger partial charge >= 0.3 is 0 Å². The third kappa shape index (κ3) is 27.1. The van der Waals surface area contributed by atoms with Crippen LogP contribution in [0.3, 0.4) is 0 Å². The molecule has 0 aromatic carbocycles. The number of unbranched alkanes of at least 4 members (excludes halogenated alkanes) is 24. The fraction of sp³-hybridized carbons (Fsp3) is 0.905. The van der Waals surface area contributed by atoms with Crippen LogP contribution in [0, 0.1) is 10.8 Å². The van der Waals surface area contributed by atoms with E-state index in [1.807, 2.05) is 0 Å². The van der Waals surface area contributed by atoms with Gasteiger partial charge in [0.1, 0.15) is 0 Å². The second-order valence-electron chi connectivity index (χ2n) is 15.1. The average Bonchev–Trinajstić information content (AvgIpc) is 2.96. The van der Waals surface area contributed by atoms with Crippen molar-refractivity contribution in [2.45, 2.75) is 234 Å². The van der Waals surface area contributed by atoms with Crippen LogP contribution in [-0.2, 0) is 0 Å². The molecule has 42 heavy (non-hydrogen) atoms. The van der Waals surface area contributed by atoms with Gasteiger partial charge < -0.3 is 0 Å². The molecular formula is C42H82. The molecule has 0 aromatic rings. The van der Waals surface area contributed by atoms with Crippen molar-refractivity contribution in [3.05, 3.63) is 24.3 Å². The van der Waals surface area contributed by atoms with Crippen molar-refractivity contribution in [3.63, 3.8) is 0 Å². The van der Waals surface area contributed by atoms with Crippen molar-refractivity contribution in [1.82, 2.24) is 0 Å². The molecule has 250 valence electrons. The van der Waals surface area contributed by atoms with Crippen LogP contribution < -0.4 is 0 Å². The van der Waals surface area contributed by atoms with E-state index >= 15 is 0 Å². The number of hydrogen-bond donors (Lipinski definition) is 0. The van der Waals surface area contributed by atoms with Gasteiger partial charge in [0.05, 0.1) is 0 Å². The van der Waals surface area contributed by atoms with Crippen LogP contribution in [0.25, 0.3) is 0 Å². The lowest BCUT2D eigenvalue weighted by atomic mass is 9.63. The molecule has 0 fully saturated rings. The van der Waals surface area contributed by atoms with Crippen molar-refractivity contribution in [2.75, 3.05) is 0 Å². The maximum atomic E-state index is 2.55. The van der Waals surface area contributed by atoms with Gasteiger partial charge in [-0.2, -0.15) is 0 Å². The Labute approximate surface area is 268 Å². The fourth-order valence-corrected chi connectivity index (χ4v) is 6.31. The molecule has 0 rings (SSSR count). The summed E-state index contributed by atoms with van der Waals surface area (Å²) in [5.74, 6) is 0. The van der Waals surface area contributed by atoms with Gasteiger partial charge in [-0.25, -0.2) is 0 Å². The molecular weight excluding hydrogens is 504 g/mol. The molecule has 0 aromatic heterocycles. The smallest absolute Gasteiger partial charge is 0.0303 e. The van der Waals surface area contributed by atoms with Gasteiger partial charge in [-0.15, -0.1) is 0 Å². The highest BCUT2D eigenvalue weighted by atomic mass is 14.4. The van der Waals surface area contributed by atoms with Gasteiger partial charge in [-0.1, -0.05) is 194 Å². The largest absolute Gasteiger partial charge is 0.0885 e. The molecule has 0 nitrogen and oxygen atoms in total. The summed E-state index contributed by atoms with van der Waals surface area (Å²) in [6.07, 6.45) is 51.8. The first kappa shape index (κ1) is 41.5. The standard InChI is InChI=1S/C42H82/c1-7-9-11-13-15-17-19-21-23-25-27-29-31-33-35-37-39-41(3,4)42(5,6)40-38-36-34-32-30-28-26-24-22-20-18-16-14-12-10-8-2/h21-24H,7-20,25-40H2,1-6H3/b23-21-,24-22-. The Kier molecular flexibility index (Phi) is 30.1. The maximum absolute atomic E-state index is 2.55. The van der Waals surface area contributed by atoms with Gasteiger partial charge in [-0.3, -0.25) is 0 Å². The molecule has 0 aliphatic rings. The minimum Gasteiger partial charge on any atom is -0.0885 e. The summed E-state index contributed by atoms with van der Waals surface area (Å²) in [6.45, 7) is 14.8. The van der Waals surface area contributed by atoms with Gasteiger partial charge in [0.15, 0.2) is 0 Å². The first-order valence-corrected chi connectivity index (χ1v) is 19.7. The van der Waals surface area contributed by atoms with Crippen LogP contribution >= 0.6 is 0 Å². The van der Waals surface area contributed by atoms with Gasteiger partial charge in [0.25, 0.3) is 0 Å². The summed E-state index contributed by atoms with van der Waals surface area (Å²) in [6, 6.07) is 0. The van der Waals surface area contributed by atoms with E-state index in [2.05, 4.69) is 65.8 Å². The highest BCUT2D eigenvalue weighted by molar-refractivity contribution is 4.86. The molecule has 0 radical (unpaired) electrons. The third-order valence-corrected chi connectivity index (χ3v) is 10.5. The zero-order valence-electron chi connectivity index (χ0n) is 30.5. The second-order valence-corrected chi connectivity index (χ2v) is 15.1. The third-order valence-electron chi connectivity index (χ3n) is 10.5. The quantitative estimate of drug-likeness (QED) is 0.0530. The highest BCUT2D eigenvalue weighted by Gasteiger charge is 2.35. The molecule has 0 saturated heterocycles. The molecule has 0 atom stereocenters. The van der Waals surface area contributed by atoms with E-state index in [1.165, 1.54) is 193 Å². The molecule has 0 spiro atoms. The number of allylic oxidation sites excluding steroid dienone is 4. The van der Waals surface area contributed by atoms with Crippen molar-refractivity contribution in [2.24, 2.45) is 10.8 Å². The summed E-state index contributed by atoms with van der Waals surface area (Å²) in [7, 11) is 0. The molecule has 0 heterocycles. The molecule has 0 amide bonds. The van der Waals surface area contributed by atoms with E-state index < -0.39 is 0 Å². The van der Waals surface area contributed by atoms with Crippen LogP contribution in [0.1, 0.15) is 234 Å². The van der Waals surface area contributed by atoms with E-state index in [4.69, 9.17) is 0 Å². The van der Waals surface area contributed by atoms with Crippen molar-refractivity contribution >= 4 is 0 Å². The molecule has 0 heteroatoms. The van der Waals surface area contributed by atoms with Gasteiger partial charge in [-0.05, 0) is 75.0 Å². The SMILES string of the molecule is CCCCCCCC/C=C\CCCCCCCCC(C)(C)C(C)(C)CCCCCCCC/C=C\CCCCCCCC. The Morgan fingerprint density at radius 2 is 0.500 bits per heavy atom. The van der Waals surface area contributed by atoms with Crippen molar-refractivity contribution in [1.29, 1.82) is 0 Å². The lowest BCUT2D eigenvalue weighted by molar-refractivity contribution is 0.0814.